The minimum Gasteiger partial charge on any atom is -0.487 e. The minimum absolute atomic E-state index is 0.0740. The molecule has 3 rings (SSSR count). The van der Waals surface area contributed by atoms with Crippen LogP contribution in [0.4, 0.5) is 0 Å². The van der Waals surface area contributed by atoms with Crippen molar-refractivity contribution < 1.29 is 17.6 Å². The van der Waals surface area contributed by atoms with Gasteiger partial charge in [0.25, 0.3) is 0 Å². The number of fused-ring (bicyclic) bond motifs is 1. The van der Waals surface area contributed by atoms with Crippen LogP contribution in [0.15, 0.2) is 58.2 Å². The van der Waals surface area contributed by atoms with Gasteiger partial charge in [-0.3, -0.25) is 0 Å². The Balaban J connectivity index is 1.88. The lowest BCUT2D eigenvalue weighted by Gasteiger charge is -2.10. The van der Waals surface area contributed by atoms with E-state index in [1.807, 2.05) is 30.3 Å². The SMILES string of the molecule is CS(=O)(=O)c1cc(COc2c(Cl)ccc3ccccc23)co1. The lowest BCUT2D eigenvalue weighted by atomic mass is 10.1. The summed E-state index contributed by atoms with van der Waals surface area (Å²) in [5.41, 5.74) is 0.629. The van der Waals surface area contributed by atoms with Gasteiger partial charge < -0.3 is 9.15 Å². The van der Waals surface area contributed by atoms with Gasteiger partial charge in [-0.1, -0.05) is 41.9 Å². The lowest BCUT2D eigenvalue weighted by molar-refractivity contribution is 0.308. The molecule has 0 amide bonds. The summed E-state index contributed by atoms with van der Waals surface area (Å²) in [5.74, 6) is 0.571. The highest BCUT2D eigenvalue weighted by Gasteiger charge is 2.14. The predicted octanol–water partition coefficient (Wildman–Crippen LogP) is 4.07. The highest BCUT2D eigenvalue weighted by Crippen LogP contribution is 2.34. The molecule has 0 aliphatic carbocycles. The van der Waals surface area contributed by atoms with E-state index in [0.717, 1.165) is 17.0 Å². The molecule has 0 atom stereocenters. The summed E-state index contributed by atoms with van der Waals surface area (Å²) in [7, 11) is -3.36. The van der Waals surface area contributed by atoms with Gasteiger partial charge in [0.2, 0.25) is 14.9 Å². The monoisotopic (exact) mass is 336 g/mol. The van der Waals surface area contributed by atoms with Crippen LogP contribution in [-0.2, 0) is 16.4 Å². The highest BCUT2D eigenvalue weighted by atomic mass is 35.5. The average Bonchev–Trinajstić information content (AvgIpc) is 2.95. The van der Waals surface area contributed by atoms with Crippen LogP contribution < -0.4 is 4.74 Å². The number of halogens is 1. The van der Waals surface area contributed by atoms with E-state index in [4.69, 9.17) is 20.8 Å². The lowest BCUT2D eigenvalue weighted by Crippen LogP contribution is -1.96. The third kappa shape index (κ3) is 2.96. The Kier molecular flexibility index (Phi) is 3.85. The Hall–Kier alpha value is -1.98. The van der Waals surface area contributed by atoms with Gasteiger partial charge in [0.05, 0.1) is 11.3 Å². The molecule has 0 bridgehead atoms. The Morgan fingerprint density at radius 2 is 1.95 bits per heavy atom. The maximum Gasteiger partial charge on any atom is 0.217 e. The van der Waals surface area contributed by atoms with Crippen LogP contribution in [0.2, 0.25) is 5.02 Å². The molecule has 6 heteroatoms. The van der Waals surface area contributed by atoms with Crippen molar-refractivity contribution in [2.24, 2.45) is 0 Å². The van der Waals surface area contributed by atoms with Gasteiger partial charge >= 0.3 is 0 Å². The first-order valence-electron chi connectivity index (χ1n) is 6.52. The second kappa shape index (κ2) is 5.66. The number of rotatable bonds is 4. The van der Waals surface area contributed by atoms with Crippen molar-refractivity contribution >= 4 is 32.2 Å². The van der Waals surface area contributed by atoms with Crippen molar-refractivity contribution in [2.75, 3.05) is 6.26 Å². The fourth-order valence-electron chi connectivity index (χ4n) is 2.14. The van der Waals surface area contributed by atoms with Gasteiger partial charge in [-0.15, -0.1) is 0 Å². The Morgan fingerprint density at radius 3 is 2.68 bits per heavy atom. The Labute approximate surface area is 133 Å². The van der Waals surface area contributed by atoms with Crippen molar-refractivity contribution in [3.8, 4) is 5.75 Å². The topological polar surface area (TPSA) is 56.5 Å². The van der Waals surface area contributed by atoms with Gasteiger partial charge in [-0.2, -0.15) is 0 Å². The molecule has 0 aliphatic rings. The molecule has 22 heavy (non-hydrogen) atoms. The largest absolute Gasteiger partial charge is 0.487 e. The number of ether oxygens (including phenoxy) is 1. The summed E-state index contributed by atoms with van der Waals surface area (Å²) in [4.78, 5) is 0. The van der Waals surface area contributed by atoms with E-state index in [0.29, 0.717) is 16.3 Å². The van der Waals surface area contributed by atoms with Gasteiger partial charge in [-0.05, 0) is 11.5 Å². The summed E-state index contributed by atoms with van der Waals surface area (Å²) in [6, 6.07) is 12.9. The van der Waals surface area contributed by atoms with Crippen LogP contribution >= 0.6 is 11.6 Å². The summed E-state index contributed by atoms with van der Waals surface area (Å²) < 4.78 is 33.6. The molecule has 0 spiro atoms. The summed E-state index contributed by atoms with van der Waals surface area (Å²) >= 11 is 6.20. The second-order valence-electron chi connectivity index (χ2n) is 4.93. The summed E-state index contributed by atoms with van der Waals surface area (Å²) in [5, 5.41) is 2.35. The number of hydrogen-bond donors (Lipinski definition) is 0. The molecular formula is C16H13ClO4S. The first-order chi connectivity index (χ1) is 10.4. The third-order valence-electron chi connectivity index (χ3n) is 3.21. The molecule has 1 aromatic heterocycles. The van der Waals surface area contributed by atoms with E-state index in [9.17, 15) is 8.42 Å². The van der Waals surface area contributed by atoms with E-state index in [1.54, 1.807) is 6.07 Å². The molecule has 0 radical (unpaired) electrons. The number of hydrogen-bond acceptors (Lipinski definition) is 4. The van der Waals surface area contributed by atoms with E-state index in [2.05, 4.69) is 0 Å². The van der Waals surface area contributed by atoms with Crippen molar-refractivity contribution in [1.29, 1.82) is 0 Å². The number of benzene rings is 2. The summed E-state index contributed by atoms with van der Waals surface area (Å²) in [6.07, 6.45) is 2.47. The molecule has 0 unspecified atom stereocenters. The fraction of sp³-hybridized carbons (Fsp3) is 0.125. The first kappa shape index (κ1) is 14.9. The van der Waals surface area contributed by atoms with Gasteiger partial charge in [-0.25, -0.2) is 8.42 Å². The highest BCUT2D eigenvalue weighted by molar-refractivity contribution is 7.90. The van der Waals surface area contributed by atoms with Crippen LogP contribution in [0, 0.1) is 0 Å². The average molecular weight is 337 g/mol. The van der Waals surface area contributed by atoms with Crippen LogP contribution in [0.5, 0.6) is 5.75 Å². The molecule has 114 valence electrons. The minimum atomic E-state index is -3.36. The van der Waals surface area contributed by atoms with Crippen LogP contribution in [0.1, 0.15) is 5.56 Å². The molecule has 0 saturated carbocycles. The molecule has 1 heterocycles. The van der Waals surface area contributed by atoms with Crippen molar-refractivity contribution in [2.45, 2.75) is 11.7 Å². The van der Waals surface area contributed by atoms with E-state index in [1.165, 1.54) is 12.3 Å². The molecule has 0 aliphatic heterocycles. The van der Waals surface area contributed by atoms with E-state index < -0.39 is 9.84 Å². The molecule has 0 fully saturated rings. The second-order valence-corrected chi connectivity index (χ2v) is 7.29. The van der Waals surface area contributed by atoms with Crippen molar-refractivity contribution in [3.63, 3.8) is 0 Å². The molecular weight excluding hydrogens is 324 g/mol. The van der Waals surface area contributed by atoms with Gasteiger partial charge in [0, 0.05) is 23.3 Å². The van der Waals surface area contributed by atoms with E-state index in [-0.39, 0.29) is 11.7 Å². The first-order valence-corrected chi connectivity index (χ1v) is 8.79. The molecule has 0 N–H and O–H groups in total. The van der Waals surface area contributed by atoms with Gasteiger partial charge in [0.15, 0.2) is 0 Å². The number of furan rings is 1. The third-order valence-corrected chi connectivity index (χ3v) is 4.45. The Morgan fingerprint density at radius 1 is 1.18 bits per heavy atom. The molecule has 0 saturated heterocycles. The quantitative estimate of drug-likeness (QED) is 0.720. The van der Waals surface area contributed by atoms with E-state index >= 15 is 0 Å². The Bertz CT molecular complexity index is 928. The zero-order valence-electron chi connectivity index (χ0n) is 11.7. The van der Waals surface area contributed by atoms with Crippen LogP contribution in [0.3, 0.4) is 0 Å². The van der Waals surface area contributed by atoms with Crippen molar-refractivity contribution in [1.82, 2.24) is 0 Å². The predicted molar refractivity (Wildman–Crippen MR) is 85.1 cm³/mol. The zero-order valence-corrected chi connectivity index (χ0v) is 13.3. The van der Waals surface area contributed by atoms with Crippen LogP contribution in [-0.4, -0.2) is 14.7 Å². The van der Waals surface area contributed by atoms with Crippen molar-refractivity contribution in [3.05, 3.63) is 59.3 Å². The standard InChI is InChI=1S/C16H13ClO4S/c1-22(18,19)15-8-11(9-20-15)10-21-16-13-5-3-2-4-12(13)6-7-14(16)17/h2-9H,10H2,1H3. The molecule has 2 aromatic carbocycles. The molecule has 3 aromatic rings. The maximum absolute atomic E-state index is 11.4. The summed E-state index contributed by atoms with van der Waals surface area (Å²) in [6.45, 7) is 0.173. The van der Waals surface area contributed by atoms with Crippen LogP contribution in [0.25, 0.3) is 10.8 Å². The zero-order chi connectivity index (χ0) is 15.7. The maximum atomic E-state index is 11.4. The molecule has 4 nitrogen and oxygen atoms in total. The smallest absolute Gasteiger partial charge is 0.217 e. The normalized spacial score (nSPS) is 11.7. The number of sulfone groups is 1. The van der Waals surface area contributed by atoms with Gasteiger partial charge in [0.1, 0.15) is 12.4 Å². The fourth-order valence-corrected chi connectivity index (χ4v) is 2.95.